The summed E-state index contributed by atoms with van der Waals surface area (Å²) >= 11 is 0. The highest BCUT2D eigenvalue weighted by molar-refractivity contribution is 7.91. The number of nitrogens with zero attached hydrogens (tertiary/aromatic N) is 1. The molecule has 1 aromatic heterocycles. The van der Waals surface area contributed by atoms with Crippen molar-refractivity contribution in [3.8, 4) is 5.75 Å². The summed E-state index contributed by atoms with van der Waals surface area (Å²) in [5.74, 6) is -0.0589. The monoisotopic (exact) mass is 439 g/mol. The Hall–Kier alpha value is -3.39. The van der Waals surface area contributed by atoms with Crippen molar-refractivity contribution >= 4 is 21.4 Å². The van der Waals surface area contributed by atoms with E-state index in [1.807, 2.05) is 19.1 Å². The van der Waals surface area contributed by atoms with Crippen LogP contribution in [0.4, 0.5) is 5.69 Å². The number of amides is 1. The van der Waals surface area contributed by atoms with Gasteiger partial charge in [0.05, 0.1) is 24.2 Å². The van der Waals surface area contributed by atoms with Crippen LogP contribution >= 0.6 is 0 Å². The van der Waals surface area contributed by atoms with E-state index in [-0.39, 0.29) is 28.0 Å². The molecular formula is C23H25N3O4S. The molecule has 2 N–H and O–H groups in total. The number of pyridine rings is 1. The molecule has 8 heteroatoms. The van der Waals surface area contributed by atoms with Gasteiger partial charge in [0.15, 0.2) is 5.75 Å². The number of sulfone groups is 1. The number of benzene rings is 2. The average molecular weight is 440 g/mol. The number of anilines is 1. The lowest BCUT2D eigenvalue weighted by Gasteiger charge is -2.17. The van der Waals surface area contributed by atoms with Crippen molar-refractivity contribution in [1.82, 2.24) is 10.3 Å². The fraction of sp³-hybridized carbons (Fsp3) is 0.217. The molecule has 0 spiro atoms. The Morgan fingerprint density at radius 2 is 1.68 bits per heavy atom. The molecule has 0 atom stereocenters. The number of nitrogens with one attached hydrogen (secondary N) is 2. The molecule has 2 aromatic carbocycles. The number of carbonyl (C=O) groups is 1. The first-order valence-electron chi connectivity index (χ1n) is 9.71. The molecule has 3 rings (SSSR count). The largest absolute Gasteiger partial charge is 0.493 e. The van der Waals surface area contributed by atoms with Crippen LogP contribution in [0.2, 0.25) is 0 Å². The molecule has 1 heterocycles. The molecule has 0 aliphatic heterocycles. The molecule has 0 saturated heterocycles. The number of rotatable bonds is 8. The van der Waals surface area contributed by atoms with Crippen LogP contribution in [0, 0.1) is 13.8 Å². The lowest BCUT2D eigenvalue weighted by Crippen LogP contribution is -2.29. The SMILES string of the molecule is COc1c(NCC(=O)NCc2ccncc2)cc(C)cc1S(=O)(=O)c1ccc(C)cc1. The second kappa shape index (κ2) is 9.61. The highest BCUT2D eigenvalue weighted by Gasteiger charge is 2.25. The summed E-state index contributed by atoms with van der Waals surface area (Å²) in [4.78, 5) is 16.4. The van der Waals surface area contributed by atoms with Gasteiger partial charge in [0.2, 0.25) is 15.7 Å². The standard InChI is InChI=1S/C23H25N3O4S/c1-16-4-6-19(7-5-16)31(28,29)21-13-17(2)12-20(23(21)30-3)25-15-22(27)26-14-18-8-10-24-11-9-18/h4-13,25H,14-15H2,1-3H3,(H,26,27). The Balaban J connectivity index is 1.81. The Labute approximate surface area is 182 Å². The van der Waals surface area contributed by atoms with Gasteiger partial charge in [-0.1, -0.05) is 17.7 Å². The van der Waals surface area contributed by atoms with Crippen LogP contribution in [0.25, 0.3) is 0 Å². The average Bonchev–Trinajstić information content (AvgIpc) is 2.76. The third-order valence-electron chi connectivity index (χ3n) is 4.70. The lowest BCUT2D eigenvalue weighted by molar-refractivity contribution is -0.119. The molecule has 0 fully saturated rings. The molecular weight excluding hydrogens is 414 g/mol. The van der Waals surface area contributed by atoms with Gasteiger partial charge < -0.3 is 15.4 Å². The first-order valence-corrected chi connectivity index (χ1v) is 11.2. The first kappa shape index (κ1) is 22.3. The van der Waals surface area contributed by atoms with Crippen molar-refractivity contribution in [2.24, 2.45) is 0 Å². The summed E-state index contributed by atoms with van der Waals surface area (Å²) in [6, 6.07) is 13.6. The van der Waals surface area contributed by atoms with Gasteiger partial charge in [0.25, 0.3) is 0 Å². The van der Waals surface area contributed by atoms with Gasteiger partial charge in [-0.05, 0) is 61.4 Å². The molecule has 3 aromatic rings. The topological polar surface area (TPSA) is 97.4 Å². The van der Waals surface area contributed by atoms with E-state index >= 15 is 0 Å². The molecule has 0 radical (unpaired) electrons. The van der Waals surface area contributed by atoms with E-state index in [2.05, 4.69) is 15.6 Å². The smallest absolute Gasteiger partial charge is 0.239 e. The van der Waals surface area contributed by atoms with Crippen LogP contribution in [0.1, 0.15) is 16.7 Å². The maximum atomic E-state index is 13.2. The maximum Gasteiger partial charge on any atom is 0.239 e. The minimum Gasteiger partial charge on any atom is -0.493 e. The molecule has 7 nitrogen and oxygen atoms in total. The lowest BCUT2D eigenvalue weighted by atomic mass is 10.2. The minimum absolute atomic E-state index is 0.0328. The molecule has 0 bridgehead atoms. The van der Waals surface area contributed by atoms with E-state index in [9.17, 15) is 13.2 Å². The van der Waals surface area contributed by atoms with Crippen LogP contribution in [0.15, 0.2) is 70.7 Å². The van der Waals surface area contributed by atoms with Crippen LogP contribution < -0.4 is 15.4 Å². The third-order valence-corrected chi connectivity index (χ3v) is 6.48. The molecule has 0 aliphatic rings. The zero-order chi connectivity index (χ0) is 22.4. The number of carbonyl (C=O) groups excluding carboxylic acids is 1. The number of aryl methyl sites for hydroxylation is 2. The zero-order valence-corrected chi connectivity index (χ0v) is 18.5. The zero-order valence-electron chi connectivity index (χ0n) is 17.7. The molecule has 0 aliphatic carbocycles. The number of hydrogen-bond acceptors (Lipinski definition) is 6. The number of methoxy groups -OCH3 is 1. The van der Waals surface area contributed by atoms with Crippen LogP contribution in [-0.2, 0) is 21.2 Å². The molecule has 162 valence electrons. The van der Waals surface area contributed by atoms with Gasteiger partial charge in [0, 0.05) is 18.9 Å². The molecule has 31 heavy (non-hydrogen) atoms. The van der Waals surface area contributed by atoms with Crippen molar-refractivity contribution in [3.05, 3.63) is 77.6 Å². The predicted octanol–water partition coefficient (Wildman–Crippen LogP) is 3.27. The minimum atomic E-state index is -3.80. The first-order chi connectivity index (χ1) is 14.8. The van der Waals surface area contributed by atoms with Crippen molar-refractivity contribution in [2.45, 2.75) is 30.2 Å². The quantitative estimate of drug-likeness (QED) is 0.559. The van der Waals surface area contributed by atoms with Crippen LogP contribution in [0.5, 0.6) is 5.75 Å². The van der Waals surface area contributed by atoms with Crippen molar-refractivity contribution < 1.29 is 17.9 Å². The van der Waals surface area contributed by atoms with Gasteiger partial charge in [0.1, 0.15) is 4.90 Å². The Bertz CT molecular complexity index is 1160. The van der Waals surface area contributed by atoms with Gasteiger partial charge in [-0.3, -0.25) is 9.78 Å². The summed E-state index contributed by atoms with van der Waals surface area (Å²) in [5, 5.41) is 5.81. The van der Waals surface area contributed by atoms with Gasteiger partial charge in [-0.15, -0.1) is 0 Å². The molecule has 0 saturated carbocycles. The second-order valence-corrected chi connectivity index (χ2v) is 9.06. The molecule has 0 unspecified atom stereocenters. The Kier molecular flexibility index (Phi) is 6.91. The fourth-order valence-corrected chi connectivity index (χ4v) is 4.59. The fourth-order valence-electron chi connectivity index (χ4n) is 3.07. The Morgan fingerprint density at radius 1 is 1.00 bits per heavy atom. The van der Waals surface area contributed by atoms with Gasteiger partial charge in [-0.25, -0.2) is 8.42 Å². The summed E-state index contributed by atoms with van der Waals surface area (Å²) in [6.45, 7) is 4.03. The van der Waals surface area contributed by atoms with E-state index < -0.39 is 9.84 Å². The molecule has 1 amide bonds. The highest BCUT2D eigenvalue weighted by atomic mass is 32.2. The maximum absolute atomic E-state index is 13.2. The highest BCUT2D eigenvalue weighted by Crippen LogP contribution is 2.36. The van der Waals surface area contributed by atoms with Crippen molar-refractivity contribution in [2.75, 3.05) is 19.0 Å². The van der Waals surface area contributed by atoms with Gasteiger partial charge >= 0.3 is 0 Å². The normalized spacial score (nSPS) is 11.1. The predicted molar refractivity (Wildman–Crippen MR) is 119 cm³/mol. The van der Waals surface area contributed by atoms with E-state index in [1.54, 1.807) is 55.7 Å². The van der Waals surface area contributed by atoms with Crippen LogP contribution in [0.3, 0.4) is 0 Å². The summed E-state index contributed by atoms with van der Waals surface area (Å²) in [5.41, 5.74) is 3.07. The van der Waals surface area contributed by atoms with E-state index in [4.69, 9.17) is 4.74 Å². The van der Waals surface area contributed by atoms with Crippen molar-refractivity contribution in [1.29, 1.82) is 0 Å². The van der Waals surface area contributed by atoms with Crippen LogP contribution in [-0.4, -0.2) is 33.0 Å². The van der Waals surface area contributed by atoms with E-state index in [0.717, 1.165) is 16.7 Å². The van der Waals surface area contributed by atoms with E-state index in [0.29, 0.717) is 12.2 Å². The number of aromatic nitrogens is 1. The Morgan fingerprint density at radius 3 is 2.32 bits per heavy atom. The second-order valence-electron chi connectivity index (χ2n) is 7.15. The summed E-state index contributed by atoms with van der Waals surface area (Å²) in [6.07, 6.45) is 3.32. The summed E-state index contributed by atoms with van der Waals surface area (Å²) < 4.78 is 31.9. The van der Waals surface area contributed by atoms with Crippen molar-refractivity contribution in [3.63, 3.8) is 0 Å². The summed E-state index contributed by atoms with van der Waals surface area (Å²) in [7, 11) is -2.39. The third kappa shape index (κ3) is 5.40. The van der Waals surface area contributed by atoms with Gasteiger partial charge in [-0.2, -0.15) is 0 Å². The number of ether oxygens (including phenoxy) is 1. The number of hydrogen-bond donors (Lipinski definition) is 2. The van der Waals surface area contributed by atoms with E-state index in [1.165, 1.54) is 7.11 Å².